The second-order valence-corrected chi connectivity index (χ2v) is 8.90. The molecular weight excluding hydrogens is 440 g/mol. The molecule has 0 aliphatic rings. The van der Waals surface area contributed by atoms with E-state index in [0.717, 1.165) is 15.6 Å². The minimum Gasteiger partial charge on any atom is -0.488 e. The second-order valence-electron chi connectivity index (χ2n) is 7.98. The lowest BCUT2D eigenvalue weighted by Gasteiger charge is -2.18. The van der Waals surface area contributed by atoms with Crippen molar-refractivity contribution in [3.8, 4) is 5.75 Å². The van der Waals surface area contributed by atoms with Gasteiger partial charge in [-0.05, 0) is 46.9 Å². The molecule has 4 nitrogen and oxygen atoms in total. The Bertz CT molecular complexity index is 1020. The van der Waals surface area contributed by atoms with Gasteiger partial charge in [0.25, 0.3) is 5.91 Å². The molecule has 5 heteroatoms. The van der Waals surface area contributed by atoms with Crippen LogP contribution in [0.3, 0.4) is 0 Å². The number of hydrogen-bond acceptors (Lipinski definition) is 3. The predicted molar refractivity (Wildman–Crippen MR) is 125 cm³/mol. The molecule has 3 aromatic carbocycles. The molecule has 0 aliphatic heterocycles. The number of nitrogens with zero attached hydrogens (tertiary/aromatic N) is 1. The summed E-state index contributed by atoms with van der Waals surface area (Å²) in [6, 6.07) is 23.2. The van der Waals surface area contributed by atoms with E-state index in [1.807, 2.05) is 72.8 Å². The molecule has 0 fully saturated rings. The van der Waals surface area contributed by atoms with Gasteiger partial charge in [0.2, 0.25) is 0 Å². The van der Waals surface area contributed by atoms with E-state index in [4.69, 9.17) is 4.74 Å². The van der Waals surface area contributed by atoms with Gasteiger partial charge in [0.05, 0.1) is 6.21 Å². The number of hydrogen-bond donors (Lipinski definition) is 1. The van der Waals surface area contributed by atoms with Crippen molar-refractivity contribution in [3.63, 3.8) is 0 Å². The third kappa shape index (κ3) is 6.04. The summed E-state index contributed by atoms with van der Waals surface area (Å²) in [5, 5.41) is 4.12. The zero-order valence-electron chi connectivity index (χ0n) is 17.4. The van der Waals surface area contributed by atoms with Crippen LogP contribution in [0.25, 0.3) is 0 Å². The highest BCUT2D eigenvalue weighted by Gasteiger charge is 2.14. The second kappa shape index (κ2) is 9.72. The molecule has 3 aromatic rings. The summed E-state index contributed by atoms with van der Waals surface area (Å²) in [5.41, 5.74) is 6.22. The number of rotatable bonds is 6. The van der Waals surface area contributed by atoms with Crippen molar-refractivity contribution < 1.29 is 9.53 Å². The molecule has 0 atom stereocenters. The Hall–Kier alpha value is -2.92. The van der Waals surface area contributed by atoms with Crippen LogP contribution in [0.2, 0.25) is 0 Å². The molecule has 0 saturated heterocycles. The maximum absolute atomic E-state index is 12.4. The Morgan fingerprint density at radius 2 is 1.73 bits per heavy atom. The molecule has 0 unspecified atom stereocenters. The fourth-order valence-electron chi connectivity index (χ4n) is 2.83. The average Bonchev–Trinajstić information content (AvgIpc) is 2.73. The molecular formula is C25H25BrN2O2. The normalized spacial score (nSPS) is 11.5. The molecule has 0 saturated carbocycles. The van der Waals surface area contributed by atoms with Crippen molar-refractivity contribution in [2.24, 2.45) is 5.10 Å². The van der Waals surface area contributed by atoms with Gasteiger partial charge in [-0.2, -0.15) is 5.10 Å². The zero-order chi connectivity index (χ0) is 21.6. The van der Waals surface area contributed by atoms with Gasteiger partial charge >= 0.3 is 0 Å². The number of benzene rings is 3. The predicted octanol–water partition coefficient (Wildman–Crippen LogP) is 6.09. The number of amides is 1. The van der Waals surface area contributed by atoms with Crippen molar-refractivity contribution >= 4 is 28.1 Å². The van der Waals surface area contributed by atoms with Gasteiger partial charge < -0.3 is 4.74 Å². The molecule has 30 heavy (non-hydrogen) atoms. The monoisotopic (exact) mass is 464 g/mol. The molecule has 154 valence electrons. The van der Waals surface area contributed by atoms with E-state index in [-0.39, 0.29) is 11.3 Å². The molecule has 0 spiro atoms. The maximum atomic E-state index is 12.4. The number of ether oxygens (including phenoxy) is 1. The van der Waals surface area contributed by atoms with E-state index in [2.05, 4.69) is 47.2 Å². The molecule has 0 radical (unpaired) electrons. The van der Waals surface area contributed by atoms with E-state index in [1.165, 1.54) is 5.56 Å². The van der Waals surface area contributed by atoms with Crippen LogP contribution in [0.4, 0.5) is 0 Å². The van der Waals surface area contributed by atoms with Crippen LogP contribution in [0.5, 0.6) is 5.75 Å². The first kappa shape index (κ1) is 21.8. The van der Waals surface area contributed by atoms with E-state index in [1.54, 1.807) is 6.21 Å². The van der Waals surface area contributed by atoms with Crippen LogP contribution in [0.15, 0.2) is 82.4 Å². The summed E-state index contributed by atoms with van der Waals surface area (Å²) in [4.78, 5) is 12.4. The number of carbonyl (C=O) groups excluding carboxylic acids is 1. The van der Waals surface area contributed by atoms with Crippen molar-refractivity contribution in [1.82, 2.24) is 5.43 Å². The highest BCUT2D eigenvalue weighted by molar-refractivity contribution is 9.10. The lowest BCUT2D eigenvalue weighted by atomic mass is 9.87. The summed E-state index contributed by atoms with van der Waals surface area (Å²) in [6.45, 7) is 6.88. The highest BCUT2D eigenvalue weighted by atomic mass is 79.9. The van der Waals surface area contributed by atoms with Gasteiger partial charge in [0.15, 0.2) is 0 Å². The standard InChI is InChI=1S/C25H25BrN2O2/c1-25(2,3)21-11-9-19(10-12-21)24(29)28-27-16-20-15-22(26)13-14-23(20)30-17-18-7-5-4-6-8-18/h4-16H,17H2,1-3H3,(H,28,29)/b27-16-. The first-order valence-corrected chi connectivity index (χ1v) is 10.5. The van der Waals surface area contributed by atoms with Crippen LogP contribution in [-0.2, 0) is 12.0 Å². The Balaban J connectivity index is 1.66. The van der Waals surface area contributed by atoms with Gasteiger partial charge in [-0.25, -0.2) is 5.43 Å². The van der Waals surface area contributed by atoms with Crippen LogP contribution < -0.4 is 10.2 Å². The fraction of sp³-hybridized carbons (Fsp3) is 0.200. The van der Waals surface area contributed by atoms with E-state index < -0.39 is 0 Å². The van der Waals surface area contributed by atoms with Gasteiger partial charge in [-0.15, -0.1) is 0 Å². The summed E-state index contributed by atoms with van der Waals surface area (Å²) in [6.07, 6.45) is 1.59. The van der Waals surface area contributed by atoms with Gasteiger partial charge in [-0.1, -0.05) is 79.2 Å². The first-order chi connectivity index (χ1) is 14.3. The zero-order valence-corrected chi connectivity index (χ0v) is 18.9. The Morgan fingerprint density at radius 3 is 2.40 bits per heavy atom. The van der Waals surface area contributed by atoms with Crippen LogP contribution in [0, 0.1) is 0 Å². The minimum absolute atomic E-state index is 0.0456. The third-order valence-electron chi connectivity index (χ3n) is 4.59. The maximum Gasteiger partial charge on any atom is 0.271 e. The highest BCUT2D eigenvalue weighted by Crippen LogP contribution is 2.23. The minimum atomic E-state index is -0.256. The molecule has 0 aliphatic carbocycles. The number of nitrogens with one attached hydrogen (secondary N) is 1. The van der Waals surface area contributed by atoms with E-state index >= 15 is 0 Å². The van der Waals surface area contributed by atoms with Crippen LogP contribution in [0.1, 0.15) is 47.8 Å². The topological polar surface area (TPSA) is 50.7 Å². The fourth-order valence-corrected chi connectivity index (χ4v) is 3.21. The summed E-state index contributed by atoms with van der Waals surface area (Å²) >= 11 is 3.47. The Labute approximate surface area is 186 Å². The quantitative estimate of drug-likeness (QED) is 0.354. The molecule has 1 amide bonds. The van der Waals surface area contributed by atoms with E-state index in [0.29, 0.717) is 17.9 Å². The molecule has 1 N–H and O–H groups in total. The average molecular weight is 465 g/mol. The van der Waals surface area contributed by atoms with Crippen molar-refractivity contribution in [2.45, 2.75) is 32.8 Å². The Morgan fingerprint density at radius 1 is 1.03 bits per heavy atom. The molecule has 0 bridgehead atoms. The Kier molecular flexibility index (Phi) is 7.06. The van der Waals surface area contributed by atoms with Crippen molar-refractivity contribution in [3.05, 3.63) is 99.5 Å². The van der Waals surface area contributed by atoms with Crippen LogP contribution >= 0.6 is 15.9 Å². The molecule has 3 rings (SSSR count). The number of carbonyl (C=O) groups is 1. The lowest BCUT2D eigenvalue weighted by molar-refractivity contribution is 0.0955. The SMILES string of the molecule is CC(C)(C)c1ccc(C(=O)N/N=C\c2cc(Br)ccc2OCc2ccccc2)cc1. The van der Waals surface area contributed by atoms with Gasteiger partial charge in [0.1, 0.15) is 12.4 Å². The summed E-state index contributed by atoms with van der Waals surface area (Å²) in [7, 11) is 0. The van der Waals surface area contributed by atoms with Crippen molar-refractivity contribution in [2.75, 3.05) is 0 Å². The van der Waals surface area contributed by atoms with Crippen LogP contribution in [-0.4, -0.2) is 12.1 Å². The van der Waals surface area contributed by atoms with E-state index in [9.17, 15) is 4.79 Å². The summed E-state index contributed by atoms with van der Waals surface area (Å²) in [5.74, 6) is 0.433. The van der Waals surface area contributed by atoms with Crippen molar-refractivity contribution in [1.29, 1.82) is 0 Å². The first-order valence-electron chi connectivity index (χ1n) is 9.73. The molecule has 0 aromatic heterocycles. The largest absolute Gasteiger partial charge is 0.488 e. The molecule has 0 heterocycles. The summed E-state index contributed by atoms with van der Waals surface area (Å²) < 4.78 is 6.84. The number of halogens is 1. The third-order valence-corrected chi connectivity index (χ3v) is 5.09. The lowest BCUT2D eigenvalue weighted by Crippen LogP contribution is -2.18. The van der Waals surface area contributed by atoms with Gasteiger partial charge in [-0.3, -0.25) is 4.79 Å². The number of hydrazone groups is 1. The van der Waals surface area contributed by atoms with Gasteiger partial charge in [0, 0.05) is 15.6 Å². The smallest absolute Gasteiger partial charge is 0.271 e.